The number of nitrogens with one attached hydrogen (secondary N) is 1. The van der Waals surface area contributed by atoms with Crippen LogP contribution in [0.1, 0.15) is 16.2 Å². The molecule has 0 bridgehead atoms. The van der Waals surface area contributed by atoms with Crippen molar-refractivity contribution in [3.8, 4) is 17.1 Å². The minimum absolute atomic E-state index is 0.282. The van der Waals surface area contributed by atoms with Gasteiger partial charge >= 0.3 is 0 Å². The highest BCUT2D eigenvalue weighted by Crippen LogP contribution is 2.27. The van der Waals surface area contributed by atoms with Gasteiger partial charge in [0.2, 0.25) is 0 Å². The topological polar surface area (TPSA) is 81.4 Å². The second-order valence-corrected chi connectivity index (χ2v) is 6.51. The van der Waals surface area contributed by atoms with Gasteiger partial charge in [0.1, 0.15) is 17.1 Å². The fourth-order valence-corrected chi connectivity index (χ4v) is 3.08. The number of methoxy groups -OCH3 is 1. The standard InChI is InChI=1S/C20H16ClN5O2/c1-12-9-17(20(27)23-13-6-7-18(28-2)14(21)10-13)24-19-11-16(25-26(12)19)15-5-3-4-8-22-15/h3-11H,1-2H3,(H,23,27). The number of halogens is 1. The smallest absolute Gasteiger partial charge is 0.274 e. The van der Waals surface area contributed by atoms with E-state index >= 15 is 0 Å². The molecule has 0 aliphatic heterocycles. The molecule has 0 unspecified atom stereocenters. The predicted octanol–water partition coefficient (Wildman–Crippen LogP) is 4.01. The molecule has 4 aromatic rings. The van der Waals surface area contributed by atoms with Crippen molar-refractivity contribution in [1.29, 1.82) is 0 Å². The number of hydrogen-bond acceptors (Lipinski definition) is 5. The first kappa shape index (κ1) is 17.9. The zero-order valence-corrected chi connectivity index (χ0v) is 15.9. The van der Waals surface area contributed by atoms with E-state index in [4.69, 9.17) is 16.3 Å². The first-order valence-corrected chi connectivity index (χ1v) is 8.86. The normalized spacial score (nSPS) is 10.8. The van der Waals surface area contributed by atoms with Gasteiger partial charge in [0.05, 0.1) is 17.8 Å². The van der Waals surface area contributed by atoms with Crippen molar-refractivity contribution in [2.75, 3.05) is 12.4 Å². The molecule has 1 N–H and O–H groups in total. The Bertz CT molecular complexity index is 1170. The second-order valence-electron chi connectivity index (χ2n) is 6.10. The van der Waals surface area contributed by atoms with E-state index in [-0.39, 0.29) is 11.6 Å². The fraction of sp³-hybridized carbons (Fsp3) is 0.100. The first-order valence-electron chi connectivity index (χ1n) is 8.49. The molecule has 0 fully saturated rings. The molecular weight excluding hydrogens is 378 g/mol. The van der Waals surface area contributed by atoms with E-state index in [9.17, 15) is 4.79 Å². The van der Waals surface area contributed by atoms with Crippen LogP contribution < -0.4 is 10.1 Å². The summed E-state index contributed by atoms with van der Waals surface area (Å²) in [6.07, 6.45) is 1.71. The summed E-state index contributed by atoms with van der Waals surface area (Å²) in [5.74, 6) is 0.198. The molecule has 1 aromatic carbocycles. The van der Waals surface area contributed by atoms with Gasteiger partial charge in [0.15, 0.2) is 5.65 Å². The molecule has 4 rings (SSSR count). The van der Waals surface area contributed by atoms with E-state index in [1.165, 1.54) is 7.11 Å². The number of benzene rings is 1. The Kier molecular flexibility index (Phi) is 4.67. The van der Waals surface area contributed by atoms with Crippen LogP contribution in [0.5, 0.6) is 5.75 Å². The molecule has 3 aromatic heterocycles. The molecule has 0 aliphatic carbocycles. The van der Waals surface area contributed by atoms with Crippen molar-refractivity contribution in [2.24, 2.45) is 0 Å². The summed E-state index contributed by atoms with van der Waals surface area (Å²) in [7, 11) is 1.53. The molecule has 140 valence electrons. The third-order valence-electron chi connectivity index (χ3n) is 4.17. The Hall–Kier alpha value is -3.45. The third kappa shape index (κ3) is 3.39. The van der Waals surface area contributed by atoms with E-state index in [0.717, 1.165) is 11.4 Å². The lowest BCUT2D eigenvalue weighted by Gasteiger charge is -2.08. The molecule has 0 radical (unpaired) electrons. The number of aromatic nitrogens is 4. The number of ether oxygens (including phenoxy) is 1. The Morgan fingerprint density at radius 3 is 2.71 bits per heavy atom. The van der Waals surface area contributed by atoms with Crippen LogP contribution in [-0.2, 0) is 0 Å². The van der Waals surface area contributed by atoms with Crippen LogP contribution in [-0.4, -0.2) is 32.6 Å². The molecule has 8 heteroatoms. The van der Waals surface area contributed by atoms with E-state index in [1.54, 1.807) is 41.0 Å². The van der Waals surface area contributed by atoms with Crippen molar-refractivity contribution < 1.29 is 9.53 Å². The van der Waals surface area contributed by atoms with Crippen LogP contribution in [0.4, 0.5) is 5.69 Å². The summed E-state index contributed by atoms with van der Waals surface area (Å²) in [4.78, 5) is 21.4. The second kappa shape index (κ2) is 7.28. The number of amides is 1. The van der Waals surface area contributed by atoms with Crippen LogP contribution in [0.2, 0.25) is 5.02 Å². The maximum Gasteiger partial charge on any atom is 0.274 e. The van der Waals surface area contributed by atoms with Crippen molar-refractivity contribution in [2.45, 2.75) is 6.92 Å². The number of nitrogens with zero attached hydrogens (tertiary/aromatic N) is 4. The lowest BCUT2D eigenvalue weighted by atomic mass is 10.2. The minimum atomic E-state index is -0.340. The molecule has 3 heterocycles. The third-order valence-corrected chi connectivity index (χ3v) is 4.47. The molecule has 0 spiro atoms. The summed E-state index contributed by atoms with van der Waals surface area (Å²) in [6, 6.07) is 14.1. The lowest BCUT2D eigenvalue weighted by molar-refractivity contribution is 0.102. The average Bonchev–Trinajstić information content (AvgIpc) is 3.14. The Morgan fingerprint density at radius 1 is 1.14 bits per heavy atom. The van der Waals surface area contributed by atoms with Crippen LogP contribution in [0, 0.1) is 6.92 Å². The van der Waals surface area contributed by atoms with Crippen molar-refractivity contribution in [3.63, 3.8) is 0 Å². The minimum Gasteiger partial charge on any atom is -0.495 e. The SMILES string of the molecule is COc1ccc(NC(=O)c2cc(C)n3nc(-c4ccccn4)cc3n2)cc1Cl. The van der Waals surface area contributed by atoms with Crippen molar-refractivity contribution in [3.05, 3.63) is 71.1 Å². The fourth-order valence-electron chi connectivity index (χ4n) is 2.82. The van der Waals surface area contributed by atoms with Gasteiger partial charge in [-0.1, -0.05) is 17.7 Å². The molecule has 7 nitrogen and oxygen atoms in total. The number of rotatable bonds is 4. The molecule has 1 amide bonds. The number of pyridine rings is 1. The zero-order chi connectivity index (χ0) is 19.7. The number of carbonyl (C=O) groups is 1. The molecule has 28 heavy (non-hydrogen) atoms. The number of anilines is 1. The van der Waals surface area contributed by atoms with E-state index in [2.05, 4.69) is 20.4 Å². The molecule has 0 saturated carbocycles. The number of fused-ring (bicyclic) bond motifs is 1. The Labute approximate surface area is 166 Å². The molecular formula is C20H16ClN5O2. The van der Waals surface area contributed by atoms with Gasteiger partial charge in [-0.2, -0.15) is 5.10 Å². The average molecular weight is 394 g/mol. The summed E-state index contributed by atoms with van der Waals surface area (Å²) in [5, 5.41) is 7.74. The van der Waals surface area contributed by atoms with Gasteiger partial charge in [-0.15, -0.1) is 0 Å². The van der Waals surface area contributed by atoms with Gasteiger partial charge < -0.3 is 10.1 Å². The van der Waals surface area contributed by atoms with Crippen molar-refractivity contribution >= 4 is 28.8 Å². The largest absolute Gasteiger partial charge is 0.495 e. The molecule has 0 saturated heterocycles. The summed E-state index contributed by atoms with van der Waals surface area (Å²) in [5.41, 5.74) is 3.62. The number of aryl methyl sites for hydroxylation is 1. The van der Waals surface area contributed by atoms with Crippen LogP contribution >= 0.6 is 11.6 Å². The molecule has 0 atom stereocenters. The predicted molar refractivity (Wildman–Crippen MR) is 107 cm³/mol. The van der Waals surface area contributed by atoms with E-state index in [1.807, 2.05) is 25.1 Å². The van der Waals surface area contributed by atoms with Crippen LogP contribution in [0.15, 0.2) is 54.7 Å². The monoisotopic (exact) mass is 393 g/mol. The van der Waals surface area contributed by atoms with Crippen LogP contribution in [0.3, 0.4) is 0 Å². The van der Waals surface area contributed by atoms with Crippen LogP contribution in [0.25, 0.3) is 17.0 Å². The molecule has 0 aliphatic rings. The highest BCUT2D eigenvalue weighted by Gasteiger charge is 2.14. The number of hydrogen-bond donors (Lipinski definition) is 1. The van der Waals surface area contributed by atoms with E-state index < -0.39 is 0 Å². The van der Waals surface area contributed by atoms with Gasteiger partial charge in [0.25, 0.3) is 5.91 Å². The van der Waals surface area contributed by atoms with E-state index in [0.29, 0.717) is 27.8 Å². The highest BCUT2D eigenvalue weighted by molar-refractivity contribution is 6.32. The van der Waals surface area contributed by atoms with Gasteiger partial charge in [-0.05, 0) is 43.3 Å². The Morgan fingerprint density at radius 2 is 2.00 bits per heavy atom. The highest BCUT2D eigenvalue weighted by atomic mass is 35.5. The summed E-state index contributed by atoms with van der Waals surface area (Å²) >= 11 is 6.11. The van der Waals surface area contributed by atoms with Gasteiger partial charge in [-0.3, -0.25) is 9.78 Å². The first-order chi connectivity index (χ1) is 13.5. The Balaban J connectivity index is 1.65. The van der Waals surface area contributed by atoms with Gasteiger partial charge in [-0.25, -0.2) is 9.50 Å². The van der Waals surface area contributed by atoms with Gasteiger partial charge in [0, 0.05) is 23.6 Å². The summed E-state index contributed by atoms with van der Waals surface area (Å²) < 4.78 is 6.81. The quantitative estimate of drug-likeness (QED) is 0.566. The zero-order valence-electron chi connectivity index (χ0n) is 15.2. The summed E-state index contributed by atoms with van der Waals surface area (Å²) in [6.45, 7) is 1.87. The maximum absolute atomic E-state index is 12.7. The lowest BCUT2D eigenvalue weighted by Crippen LogP contribution is -2.15. The maximum atomic E-state index is 12.7. The van der Waals surface area contributed by atoms with Crippen molar-refractivity contribution in [1.82, 2.24) is 19.6 Å². The number of carbonyl (C=O) groups excluding carboxylic acids is 1.